The predicted molar refractivity (Wildman–Crippen MR) is 94.5 cm³/mol. The average molecular weight is 353 g/mol. The topological polar surface area (TPSA) is 110 Å². The van der Waals surface area contributed by atoms with Crippen molar-refractivity contribution in [1.29, 1.82) is 5.26 Å². The van der Waals surface area contributed by atoms with E-state index >= 15 is 0 Å². The van der Waals surface area contributed by atoms with E-state index in [1.807, 2.05) is 36.4 Å². The summed E-state index contributed by atoms with van der Waals surface area (Å²) in [6, 6.07) is 16.2. The molecule has 0 bridgehead atoms. The smallest absolute Gasteiger partial charge is 0.232 e. The lowest BCUT2D eigenvalue weighted by Crippen LogP contribution is -2.09. The van der Waals surface area contributed by atoms with Gasteiger partial charge in [0.25, 0.3) is 0 Å². The van der Waals surface area contributed by atoms with Crippen LogP contribution in [0.3, 0.4) is 0 Å². The van der Waals surface area contributed by atoms with Crippen LogP contribution >= 0.6 is 11.6 Å². The molecule has 0 spiro atoms. The van der Waals surface area contributed by atoms with E-state index in [0.717, 1.165) is 5.69 Å². The number of ether oxygens (including phenoxy) is 1. The van der Waals surface area contributed by atoms with Crippen LogP contribution in [0.4, 0.5) is 17.6 Å². The summed E-state index contributed by atoms with van der Waals surface area (Å²) in [4.78, 5) is 12.4. The number of nitriles is 1. The van der Waals surface area contributed by atoms with Gasteiger partial charge in [0.15, 0.2) is 5.82 Å². The largest absolute Gasteiger partial charge is 0.484 e. The molecule has 0 unspecified atom stereocenters. The zero-order valence-electron chi connectivity index (χ0n) is 13.0. The molecule has 8 heteroatoms. The Morgan fingerprint density at radius 3 is 2.64 bits per heavy atom. The van der Waals surface area contributed by atoms with Crippen LogP contribution in [0.1, 0.15) is 11.4 Å². The maximum Gasteiger partial charge on any atom is 0.232 e. The fraction of sp³-hybridized carbons (Fsp3) is 0.0588. The molecule has 0 fully saturated rings. The van der Waals surface area contributed by atoms with E-state index in [9.17, 15) is 0 Å². The Hall–Kier alpha value is -3.37. The monoisotopic (exact) mass is 352 g/mol. The molecule has 3 N–H and O–H groups in total. The summed E-state index contributed by atoms with van der Waals surface area (Å²) in [5, 5.41) is 12.2. The number of anilines is 3. The van der Waals surface area contributed by atoms with Crippen molar-refractivity contribution in [2.75, 3.05) is 11.1 Å². The van der Waals surface area contributed by atoms with Crippen molar-refractivity contribution >= 4 is 29.2 Å². The molecule has 124 valence electrons. The number of hydrogen-bond donors (Lipinski definition) is 2. The molecular formula is C17H13ClN6O. The van der Waals surface area contributed by atoms with Gasteiger partial charge in [-0.1, -0.05) is 29.8 Å². The zero-order chi connectivity index (χ0) is 17.6. The number of nitrogens with zero attached hydrogens (tertiary/aromatic N) is 4. The molecule has 3 rings (SSSR count). The third-order valence-electron chi connectivity index (χ3n) is 3.15. The molecule has 1 heterocycles. The lowest BCUT2D eigenvalue weighted by atomic mass is 10.2. The maximum atomic E-state index is 8.85. The van der Waals surface area contributed by atoms with E-state index in [0.29, 0.717) is 28.1 Å². The molecule has 3 aromatic rings. The van der Waals surface area contributed by atoms with E-state index in [1.165, 1.54) is 6.07 Å². The summed E-state index contributed by atoms with van der Waals surface area (Å²) in [6.07, 6.45) is 0. The van der Waals surface area contributed by atoms with Crippen LogP contribution in [-0.4, -0.2) is 15.0 Å². The van der Waals surface area contributed by atoms with Gasteiger partial charge in [0.1, 0.15) is 12.4 Å². The molecule has 2 aromatic carbocycles. The SMILES string of the molecule is N#Cc1ccc(OCc2nc(N)nc(Nc3ccccc3)n2)c(Cl)c1. The Morgan fingerprint density at radius 1 is 1.12 bits per heavy atom. The van der Waals surface area contributed by atoms with Gasteiger partial charge in [-0.2, -0.15) is 20.2 Å². The Balaban J connectivity index is 1.74. The highest BCUT2D eigenvalue weighted by atomic mass is 35.5. The predicted octanol–water partition coefficient (Wildman–Crippen LogP) is 3.30. The highest BCUT2D eigenvalue weighted by molar-refractivity contribution is 6.32. The Bertz CT molecular complexity index is 926. The first-order valence-corrected chi connectivity index (χ1v) is 7.67. The molecule has 0 atom stereocenters. The van der Waals surface area contributed by atoms with E-state index < -0.39 is 0 Å². The van der Waals surface area contributed by atoms with Crippen molar-refractivity contribution < 1.29 is 4.74 Å². The van der Waals surface area contributed by atoms with Gasteiger partial charge in [0, 0.05) is 5.69 Å². The zero-order valence-corrected chi connectivity index (χ0v) is 13.7. The average Bonchev–Trinajstić information content (AvgIpc) is 2.61. The number of aromatic nitrogens is 3. The molecule has 1 aromatic heterocycles. The lowest BCUT2D eigenvalue weighted by Gasteiger charge is -2.09. The van der Waals surface area contributed by atoms with E-state index in [4.69, 9.17) is 27.3 Å². The molecular weight excluding hydrogens is 340 g/mol. The number of para-hydroxylation sites is 1. The standard InChI is InChI=1S/C17H13ClN6O/c18-13-8-11(9-19)6-7-14(13)25-10-15-22-16(20)24-17(23-15)21-12-4-2-1-3-5-12/h1-8H,10H2,(H3,20,21,22,23,24). The van der Waals surface area contributed by atoms with E-state index in [1.54, 1.807) is 12.1 Å². The highest BCUT2D eigenvalue weighted by Crippen LogP contribution is 2.26. The van der Waals surface area contributed by atoms with Crippen molar-refractivity contribution in [3.63, 3.8) is 0 Å². The molecule has 25 heavy (non-hydrogen) atoms. The van der Waals surface area contributed by atoms with Crippen LogP contribution in [0.25, 0.3) is 0 Å². The normalized spacial score (nSPS) is 10.1. The summed E-state index contributed by atoms with van der Waals surface area (Å²) in [6.45, 7) is 0.0574. The van der Waals surface area contributed by atoms with E-state index in [-0.39, 0.29) is 12.6 Å². The first-order chi connectivity index (χ1) is 12.1. The van der Waals surface area contributed by atoms with Crippen LogP contribution in [-0.2, 0) is 6.61 Å². The number of nitrogens with two attached hydrogens (primary N) is 1. The van der Waals surface area contributed by atoms with Gasteiger partial charge in [-0.25, -0.2) is 0 Å². The van der Waals surface area contributed by atoms with E-state index in [2.05, 4.69) is 20.3 Å². The van der Waals surface area contributed by atoms with Crippen LogP contribution in [0, 0.1) is 11.3 Å². The minimum Gasteiger partial charge on any atom is -0.484 e. The van der Waals surface area contributed by atoms with Crippen LogP contribution in [0.15, 0.2) is 48.5 Å². The molecule has 0 aliphatic carbocycles. The van der Waals surface area contributed by atoms with Crippen molar-refractivity contribution in [1.82, 2.24) is 15.0 Å². The second-order valence-electron chi connectivity index (χ2n) is 4.97. The number of benzene rings is 2. The number of rotatable bonds is 5. The van der Waals surface area contributed by atoms with Crippen molar-refractivity contribution in [3.05, 3.63) is 64.9 Å². The third-order valence-corrected chi connectivity index (χ3v) is 3.44. The molecule has 0 saturated carbocycles. The van der Waals surface area contributed by atoms with Gasteiger partial charge >= 0.3 is 0 Å². The summed E-state index contributed by atoms with van der Waals surface area (Å²) < 4.78 is 5.61. The van der Waals surface area contributed by atoms with Gasteiger partial charge in [-0.15, -0.1) is 0 Å². The second-order valence-corrected chi connectivity index (χ2v) is 5.38. The van der Waals surface area contributed by atoms with Crippen LogP contribution < -0.4 is 15.8 Å². The quantitative estimate of drug-likeness (QED) is 0.724. The molecule has 0 amide bonds. The first-order valence-electron chi connectivity index (χ1n) is 7.29. The molecule has 0 aliphatic rings. The number of nitrogen functional groups attached to an aromatic ring is 1. The molecule has 0 radical (unpaired) electrons. The Labute approximate surface area is 149 Å². The fourth-order valence-electron chi connectivity index (χ4n) is 2.04. The van der Waals surface area contributed by atoms with Crippen LogP contribution in [0.5, 0.6) is 5.75 Å². The van der Waals surface area contributed by atoms with Gasteiger partial charge < -0.3 is 15.8 Å². The van der Waals surface area contributed by atoms with Crippen molar-refractivity contribution in [3.8, 4) is 11.8 Å². The Morgan fingerprint density at radius 2 is 1.92 bits per heavy atom. The van der Waals surface area contributed by atoms with Gasteiger partial charge in [-0.05, 0) is 30.3 Å². The molecule has 0 saturated heterocycles. The maximum absolute atomic E-state index is 8.85. The molecule has 0 aliphatic heterocycles. The summed E-state index contributed by atoms with van der Waals surface area (Å²) >= 11 is 6.08. The molecule has 7 nitrogen and oxygen atoms in total. The summed E-state index contributed by atoms with van der Waals surface area (Å²) in [5.74, 6) is 1.18. The number of halogens is 1. The van der Waals surface area contributed by atoms with Gasteiger partial charge in [0.05, 0.1) is 16.7 Å². The minimum atomic E-state index is 0.0574. The number of hydrogen-bond acceptors (Lipinski definition) is 7. The fourth-order valence-corrected chi connectivity index (χ4v) is 2.27. The summed E-state index contributed by atoms with van der Waals surface area (Å²) in [7, 11) is 0. The first kappa shape index (κ1) is 16.5. The summed E-state index contributed by atoms with van der Waals surface area (Å²) in [5.41, 5.74) is 7.01. The Kier molecular flexibility index (Phi) is 4.92. The minimum absolute atomic E-state index is 0.0574. The lowest BCUT2D eigenvalue weighted by molar-refractivity contribution is 0.296. The second kappa shape index (κ2) is 7.47. The number of nitrogens with one attached hydrogen (secondary N) is 1. The van der Waals surface area contributed by atoms with Crippen LogP contribution in [0.2, 0.25) is 5.02 Å². The van der Waals surface area contributed by atoms with Crippen molar-refractivity contribution in [2.24, 2.45) is 0 Å². The van der Waals surface area contributed by atoms with Gasteiger partial charge in [0.2, 0.25) is 11.9 Å². The third kappa shape index (κ3) is 4.34. The van der Waals surface area contributed by atoms with Crippen molar-refractivity contribution in [2.45, 2.75) is 6.61 Å². The van der Waals surface area contributed by atoms with Gasteiger partial charge in [-0.3, -0.25) is 0 Å². The highest BCUT2D eigenvalue weighted by Gasteiger charge is 2.08.